The third kappa shape index (κ3) is 3.79. The SMILES string of the molecule is C=C1N2C=C(Br)C=C(C(F)(F)F)C2=CN1c1cccc(C2(CC(=N)N(C)C=N)CCC2)c1. The van der Waals surface area contributed by atoms with Gasteiger partial charge >= 0.3 is 6.18 Å². The third-order valence-electron chi connectivity index (χ3n) is 6.36. The highest BCUT2D eigenvalue weighted by Gasteiger charge is 2.44. The van der Waals surface area contributed by atoms with Crippen molar-refractivity contribution in [1.29, 1.82) is 10.8 Å². The summed E-state index contributed by atoms with van der Waals surface area (Å²) < 4.78 is 41.2. The number of halogens is 4. The van der Waals surface area contributed by atoms with E-state index in [0.29, 0.717) is 22.6 Å². The van der Waals surface area contributed by atoms with Gasteiger partial charge in [0.05, 0.1) is 17.6 Å². The fourth-order valence-corrected chi connectivity index (χ4v) is 4.79. The van der Waals surface area contributed by atoms with Gasteiger partial charge in [0, 0.05) is 41.5 Å². The number of rotatable bonds is 5. The molecule has 32 heavy (non-hydrogen) atoms. The zero-order valence-corrected chi connectivity index (χ0v) is 19.1. The van der Waals surface area contributed by atoms with Gasteiger partial charge in [-0.15, -0.1) is 0 Å². The number of nitrogens with one attached hydrogen (secondary N) is 2. The van der Waals surface area contributed by atoms with Crippen LogP contribution in [-0.2, 0) is 5.41 Å². The van der Waals surface area contributed by atoms with E-state index in [1.54, 1.807) is 18.1 Å². The fraction of sp³-hybridized carbons (Fsp3) is 0.304. The second-order valence-corrected chi connectivity index (χ2v) is 9.20. The molecule has 2 aliphatic heterocycles. The third-order valence-corrected chi connectivity index (χ3v) is 6.79. The fourth-order valence-electron chi connectivity index (χ4n) is 4.36. The maximum Gasteiger partial charge on any atom is 0.418 e. The van der Waals surface area contributed by atoms with Crippen LogP contribution in [0.4, 0.5) is 18.9 Å². The van der Waals surface area contributed by atoms with E-state index in [-0.39, 0.29) is 11.1 Å². The van der Waals surface area contributed by atoms with Gasteiger partial charge in [-0.1, -0.05) is 25.1 Å². The van der Waals surface area contributed by atoms with Crippen LogP contribution in [0.3, 0.4) is 0 Å². The van der Waals surface area contributed by atoms with Crippen LogP contribution in [0.15, 0.2) is 70.9 Å². The Bertz CT molecular complexity index is 1080. The van der Waals surface area contributed by atoms with E-state index in [1.807, 2.05) is 24.3 Å². The van der Waals surface area contributed by atoms with Crippen LogP contribution in [0, 0.1) is 10.8 Å². The first-order valence-electron chi connectivity index (χ1n) is 10.1. The van der Waals surface area contributed by atoms with Crippen LogP contribution < -0.4 is 4.90 Å². The molecule has 5 nitrogen and oxygen atoms in total. The number of benzene rings is 1. The van der Waals surface area contributed by atoms with Crippen molar-refractivity contribution in [3.63, 3.8) is 0 Å². The highest BCUT2D eigenvalue weighted by atomic mass is 79.9. The van der Waals surface area contributed by atoms with Crippen molar-refractivity contribution in [3.8, 4) is 0 Å². The van der Waals surface area contributed by atoms with Crippen LogP contribution >= 0.6 is 15.9 Å². The predicted molar refractivity (Wildman–Crippen MR) is 124 cm³/mol. The molecular formula is C23H23BrF3N5. The Balaban J connectivity index is 1.68. The largest absolute Gasteiger partial charge is 0.418 e. The topological polar surface area (TPSA) is 57.4 Å². The molecule has 9 heteroatoms. The summed E-state index contributed by atoms with van der Waals surface area (Å²) in [5.74, 6) is 0.771. The summed E-state index contributed by atoms with van der Waals surface area (Å²) in [6, 6.07) is 7.73. The number of fused-ring (bicyclic) bond motifs is 1. The summed E-state index contributed by atoms with van der Waals surface area (Å²) >= 11 is 3.17. The number of hydrogen-bond acceptors (Lipinski definition) is 4. The summed E-state index contributed by atoms with van der Waals surface area (Å²) in [5, 5.41) is 15.7. The predicted octanol–water partition coefficient (Wildman–Crippen LogP) is 6.19. The van der Waals surface area contributed by atoms with Crippen molar-refractivity contribution in [2.75, 3.05) is 11.9 Å². The van der Waals surface area contributed by atoms with Crippen LogP contribution in [0.5, 0.6) is 0 Å². The summed E-state index contributed by atoms with van der Waals surface area (Å²) in [7, 11) is 1.69. The Morgan fingerprint density at radius 3 is 2.59 bits per heavy atom. The minimum absolute atomic E-state index is 0.0313. The smallest absolute Gasteiger partial charge is 0.325 e. The van der Waals surface area contributed by atoms with E-state index in [0.717, 1.165) is 42.9 Å². The highest BCUT2D eigenvalue weighted by Crippen LogP contribution is 2.49. The molecule has 1 saturated carbocycles. The van der Waals surface area contributed by atoms with E-state index in [9.17, 15) is 13.2 Å². The maximum atomic E-state index is 13.6. The van der Waals surface area contributed by atoms with Crippen molar-refractivity contribution in [1.82, 2.24) is 9.80 Å². The van der Waals surface area contributed by atoms with Crippen molar-refractivity contribution in [2.45, 2.75) is 37.3 Å². The van der Waals surface area contributed by atoms with Crippen LogP contribution in [-0.4, -0.2) is 35.2 Å². The van der Waals surface area contributed by atoms with E-state index >= 15 is 0 Å². The lowest BCUT2D eigenvalue weighted by Gasteiger charge is -2.43. The number of allylic oxidation sites excluding steroid dienone is 3. The van der Waals surface area contributed by atoms with Gasteiger partial charge in [0.2, 0.25) is 0 Å². The summed E-state index contributed by atoms with van der Waals surface area (Å²) in [4.78, 5) is 4.60. The molecule has 0 amide bonds. The number of hydrogen-bond donors (Lipinski definition) is 2. The van der Waals surface area contributed by atoms with Gasteiger partial charge in [-0.05, 0) is 52.5 Å². The summed E-state index contributed by atoms with van der Waals surface area (Å²) in [6.45, 7) is 4.03. The van der Waals surface area contributed by atoms with Gasteiger partial charge in [0.25, 0.3) is 0 Å². The van der Waals surface area contributed by atoms with Gasteiger partial charge in [-0.3, -0.25) is 10.8 Å². The Morgan fingerprint density at radius 2 is 2.00 bits per heavy atom. The second kappa shape index (κ2) is 7.95. The second-order valence-electron chi connectivity index (χ2n) is 8.29. The van der Waals surface area contributed by atoms with Crippen LogP contribution in [0.2, 0.25) is 0 Å². The summed E-state index contributed by atoms with van der Waals surface area (Å²) in [6.07, 6.45) is 4.16. The maximum absolute atomic E-state index is 13.6. The lowest BCUT2D eigenvalue weighted by molar-refractivity contribution is -0.0908. The van der Waals surface area contributed by atoms with Gasteiger partial charge in [0.1, 0.15) is 11.7 Å². The lowest BCUT2D eigenvalue weighted by Crippen LogP contribution is -2.40. The molecule has 1 fully saturated rings. The number of amidine groups is 1. The molecule has 0 unspecified atom stereocenters. The number of anilines is 1. The van der Waals surface area contributed by atoms with E-state index in [4.69, 9.17) is 10.8 Å². The van der Waals surface area contributed by atoms with Crippen molar-refractivity contribution < 1.29 is 13.2 Å². The number of alkyl halides is 3. The first-order chi connectivity index (χ1) is 15.1. The van der Waals surface area contributed by atoms with Crippen molar-refractivity contribution in [2.24, 2.45) is 0 Å². The van der Waals surface area contributed by atoms with Crippen LogP contribution in [0.25, 0.3) is 0 Å². The highest BCUT2D eigenvalue weighted by molar-refractivity contribution is 9.11. The van der Waals surface area contributed by atoms with Crippen molar-refractivity contribution >= 4 is 33.8 Å². The normalized spacial score (nSPS) is 19.5. The molecular weight excluding hydrogens is 483 g/mol. The monoisotopic (exact) mass is 505 g/mol. The van der Waals surface area contributed by atoms with Gasteiger partial charge < -0.3 is 14.7 Å². The molecule has 4 rings (SSSR count). The first-order valence-corrected chi connectivity index (χ1v) is 10.9. The van der Waals surface area contributed by atoms with E-state index in [2.05, 4.69) is 22.5 Å². The molecule has 1 aromatic carbocycles. The standard InChI is InChI=1S/C23H23BrF3N5/c1-15-31(13-20-19(23(25,26)27)10-17(24)12-32(15)20)18-6-3-5-16(9-18)22(7-4-8-22)11-21(29)30(2)14-28/h3,5-6,9-10,12-14,28-29H,1,4,7-8,11H2,2H3. The molecule has 168 valence electrons. The van der Waals surface area contributed by atoms with Gasteiger partial charge in [-0.2, -0.15) is 13.2 Å². The zero-order valence-electron chi connectivity index (χ0n) is 17.5. The molecule has 1 aromatic rings. The van der Waals surface area contributed by atoms with Gasteiger partial charge in [0.15, 0.2) is 0 Å². The Hall–Kier alpha value is -2.81. The molecule has 0 spiro atoms. The molecule has 2 heterocycles. The Kier molecular flexibility index (Phi) is 5.56. The molecule has 1 aliphatic carbocycles. The summed E-state index contributed by atoms with van der Waals surface area (Å²) in [5.41, 5.74) is 0.863. The molecule has 0 radical (unpaired) electrons. The number of nitrogens with zero attached hydrogens (tertiary/aromatic N) is 3. The molecule has 0 bridgehead atoms. The lowest BCUT2D eigenvalue weighted by atomic mass is 9.62. The minimum atomic E-state index is -4.49. The van der Waals surface area contributed by atoms with E-state index in [1.165, 1.54) is 16.0 Å². The average molecular weight is 506 g/mol. The molecule has 0 atom stereocenters. The molecule has 0 aromatic heterocycles. The molecule has 0 saturated heterocycles. The average Bonchev–Trinajstić information content (AvgIpc) is 3.05. The minimum Gasteiger partial charge on any atom is -0.325 e. The quantitative estimate of drug-likeness (QED) is 0.370. The van der Waals surface area contributed by atoms with Crippen molar-refractivity contribution in [3.05, 3.63) is 76.5 Å². The Morgan fingerprint density at radius 1 is 1.28 bits per heavy atom. The Labute approximate surface area is 193 Å². The van der Waals surface area contributed by atoms with Crippen LogP contribution in [0.1, 0.15) is 31.2 Å². The molecule has 3 aliphatic rings. The van der Waals surface area contributed by atoms with E-state index < -0.39 is 11.7 Å². The zero-order chi connectivity index (χ0) is 23.3. The molecule has 2 N–H and O–H groups in total. The van der Waals surface area contributed by atoms with Gasteiger partial charge in [-0.25, -0.2) is 0 Å². The first kappa shape index (κ1) is 22.4.